The van der Waals surface area contributed by atoms with Gasteiger partial charge in [-0.2, -0.15) is 13.2 Å². The van der Waals surface area contributed by atoms with E-state index in [0.717, 1.165) is 32.2 Å². The molecule has 9 heteroatoms. The van der Waals surface area contributed by atoms with Gasteiger partial charge in [0.05, 0.1) is 24.5 Å². The second-order valence-electron chi connectivity index (χ2n) is 7.03. The van der Waals surface area contributed by atoms with Gasteiger partial charge in [0.1, 0.15) is 5.82 Å². The molecule has 1 aliphatic carbocycles. The third-order valence-corrected chi connectivity index (χ3v) is 4.63. The Balaban J connectivity index is 0.000000298. The summed E-state index contributed by atoms with van der Waals surface area (Å²) in [7, 11) is 0. The van der Waals surface area contributed by atoms with Gasteiger partial charge >= 0.3 is 12.1 Å². The zero-order chi connectivity index (χ0) is 19.5. The fourth-order valence-corrected chi connectivity index (χ4v) is 3.01. The summed E-state index contributed by atoms with van der Waals surface area (Å²) in [4.78, 5) is 16.0. The van der Waals surface area contributed by atoms with Crippen molar-refractivity contribution < 1.29 is 27.8 Å². The number of aromatic nitrogens is 2. The van der Waals surface area contributed by atoms with Crippen molar-refractivity contribution >= 4 is 5.97 Å². The number of ether oxygens (including phenoxy) is 1. The zero-order valence-electron chi connectivity index (χ0n) is 15.3. The molecule has 0 amide bonds. The van der Waals surface area contributed by atoms with Crippen molar-refractivity contribution in [1.82, 2.24) is 14.5 Å². The summed E-state index contributed by atoms with van der Waals surface area (Å²) in [5.74, 6) is -0.725. The first kappa shape index (κ1) is 20.7. The lowest BCUT2D eigenvalue weighted by molar-refractivity contribution is -0.192. The minimum absolute atomic E-state index is 0.408. The van der Waals surface area contributed by atoms with E-state index in [-0.39, 0.29) is 0 Å². The normalized spacial score (nSPS) is 20.5. The van der Waals surface area contributed by atoms with Crippen molar-refractivity contribution in [2.24, 2.45) is 5.92 Å². The van der Waals surface area contributed by atoms with E-state index in [0.29, 0.717) is 12.1 Å². The average Bonchev–Trinajstić information content (AvgIpc) is 3.26. The van der Waals surface area contributed by atoms with E-state index in [4.69, 9.17) is 14.6 Å². The van der Waals surface area contributed by atoms with Crippen LogP contribution in [0.2, 0.25) is 0 Å². The van der Waals surface area contributed by atoms with Crippen LogP contribution in [0, 0.1) is 5.92 Å². The Kier molecular flexibility index (Phi) is 6.68. The molecular weight excluding hydrogens is 351 g/mol. The van der Waals surface area contributed by atoms with Crippen molar-refractivity contribution in [2.45, 2.75) is 65.0 Å². The highest BCUT2D eigenvalue weighted by molar-refractivity contribution is 5.73. The largest absolute Gasteiger partial charge is 0.490 e. The molecule has 148 valence electrons. The molecule has 1 fully saturated rings. The van der Waals surface area contributed by atoms with Crippen molar-refractivity contribution in [2.75, 3.05) is 13.2 Å². The molecule has 0 bridgehead atoms. The summed E-state index contributed by atoms with van der Waals surface area (Å²) in [5, 5.41) is 7.12. The van der Waals surface area contributed by atoms with Crippen LogP contribution in [-0.4, -0.2) is 50.9 Å². The molecule has 1 aromatic rings. The molecule has 1 atom stereocenters. The van der Waals surface area contributed by atoms with E-state index >= 15 is 0 Å². The number of alkyl halides is 3. The van der Waals surface area contributed by atoms with Crippen LogP contribution in [0.3, 0.4) is 0 Å². The van der Waals surface area contributed by atoms with Crippen LogP contribution in [0.5, 0.6) is 0 Å². The van der Waals surface area contributed by atoms with Gasteiger partial charge in [-0.25, -0.2) is 9.78 Å². The van der Waals surface area contributed by atoms with E-state index in [1.807, 2.05) is 6.20 Å². The standard InChI is InChI=1S/C15H25N3O.C2HF3O2/c1-11(2)17-6-7-18-14(8-16-15(18)12(17)3)10-19-9-13-4-5-13;3-2(4,5)1(6)7/h8,11-13H,4-7,9-10H2,1-3H3;(H,6,7). The molecule has 26 heavy (non-hydrogen) atoms. The molecule has 1 aliphatic heterocycles. The maximum Gasteiger partial charge on any atom is 0.490 e. The maximum atomic E-state index is 10.6. The first-order valence-corrected chi connectivity index (χ1v) is 8.79. The lowest BCUT2D eigenvalue weighted by Crippen LogP contribution is -2.41. The molecule has 0 saturated heterocycles. The third kappa shape index (κ3) is 5.44. The predicted octanol–water partition coefficient (Wildman–Crippen LogP) is 3.23. The minimum Gasteiger partial charge on any atom is -0.475 e. The second-order valence-corrected chi connectivity index (χ2v) is 7.03. The van der Waals surface area contributed by atoms with Crippen LogP contribution in [0.15, 0.2) is 6.20 Å². The number of fused-ring (bicyclic) bond motifs is 1. The number of halogens is 3. The van der Waals surface area contributed by atoms with Gasteiger partial charge in [0, 0.05) is 25.7 Å². The molecule has 1 unspecified atom stereocenters. The average molecular weight is 377 g/mol. The Hall–Kier alpha value is -1.61. The highest BCUT2D eigenvalue weighted by Gasteiger charge is 2.38. The van der Waals surface area contributed by atoms with Crippen LogP contribution < -0.4 is 0 Å². The smallest absolute Gasteiger partial charge is 0.475 e. The van der Waals surface area contributed by atoms with Crippen molar-refractivity contribution in [3.05, 3.63) is 17.7 Å². The van der Waals surface area contributed by atoms with Crippen LogP contribution in [0.4, 0.5) is 13.2 Å². The Labute approximate surface area is 150 Å². The van der Waals surface area contributed by atoms with E-state index in [9.17, 15) is 13.2 Å². The van der Waals surface area contributed by atoms with Gasteiger partial charge in [-0.1, -0.05) is 0 Å². The van der Waals surface area contributed by atoms with Crippen LogP contribution >= 0.6 is 0 Å². The monoisotopic (exact) mass is 377 g/mol. The molecule has 0 aromatic carbocycles. The summed E-state index contributed by atoms with van der Waals surface area (Å²) >= 11 is 0. The molecule has 1 aromatic heterocycles. The Morgan fingerprint density at radius 3 is 2.50 bits per heavy atom. The maximum absolute atomic E-state index is 10.6. The molecule has 6 nitrogen and oxygen atoms in total. The third-order valence-electron chi connectivity index (χ3n) is 4.63. The summed E-state index contributed by atoms with van der Waals surface area (Å²) < 4.78 is 39.9. The summed E-state index contributed by atoms with van der Waals surface area (Å²) in [6.45, 7) is 10.6. The molecule has 0 radical (unpaired) electrons. The first-order chi connectivity index (χ1) is 12.1. The fraction of sp³-hybridized carbons (Fsp3) is 0.765. The number of carbonyl (C=O) groups is 1. The lowest BCUT2D eigenvalue weighted by atomic mass is 10.1. The van der Waals surface area contributed by atoms with Crippen LogP contribution in [0.25, 0.3) is 0 Å². The number of imidazole rings is 1. The molecule has 1 N–H and O–H groups in total. The van der Waals surface area contributed by atoms with Crippen molar-refractivity contribution in [1.29, 1.82) is 0 Å². The number of nitrogens with zero attached hydrogens (tertiary/aromatic N) is 3. The van der Waals surface area contributed by atoms with Gasteiger partial charge in [0.2, 0.25) is 0 Å². The van der Waals surface area contributed by atoms with E-state index in [1.165, 1.54) is 24.4 Å². The van der Waals surface area contributed by atoms with E-state index in [1.54, 1.807) is 0 Å². The van der Waals surface area contributed by atoms with Crippen molar-refractivity contribution in [3.63, 3.8) is 0 Å². The van der Waals surface area contributed by atoms with Crippen LogP contribution in [-0.2, 0) is 22.7 Å². The quantitative estimate of drug-likeness (QED) is 0.853. The molecule has 2 aliphatic rings. The number of rotatable bonds is 5. The SMILES string of the molecule is CC(C)N1CCn2c(COCC3CC3)cnc2C1C.O=C(O)C(F)(F)F. The topological polar surface area (TPSA) is 67.6 Å². The molecule has 0 spiro atoms. The summed E-state index contributed by atoms with van der Waals surface area (Å²) in [5.41, 5.74) is 1.24. The summed E-state index contributed by atoms with van der Waals surface area (Å²) in [6, 6.07) is 0.987. The van der Waals surface area contributed by atoms with E-state index in [2.05, 4.69) is 35.2 Å². The molecule has 2 heterocycles. The minimum atomic E-state index is -5.08. The number of aliphatic carboxylic acids is 1. The van der Waals surface area contributed by atoms with Gasteiger partial charge < -0.3 is 14.4 Å². The van der Waals surface area contributed by atoms with Crippen molar-refractivity contribution in [3.8, 4) is 0 Å². The highest BCUT2D eigenvalue weighted by Crippen LogP contribution is 2.30. The predicted molar refractivity (Wildman–Crippen MR) is 88.6 cm³/mol. The molecular formula is C17H26F3N3O3. The Bertz CT molecular complexity index is 612. The number of carboxylic acid groups (broad SMARTS) is 1. The number of carboxylic acids is 1. The lowest BCUT2D eigenvalue weighted by Gasteiger charge is -2.37. The Morgan fingerprint density at radius 1 is 1.38 bits per heavy atom. The Morgan fingerprint density at radius 2 is 2.00 bits per heavy atom. The first-order valence-electron chi connectivity index (χ1n) is 8.79. The highest BCUT2D eigenvalue weighted by atomic mass is 19.4. The van der Waals surface area contributed by atoms with Gasteiger partial charge in [-0.05, 0) is 39.5 Å². The number of hydrogen-bond donors (Lipinski definition) is 1. The summed E-state index contributed by atoms with van der Waals surface area (Å²) in [6.07, 6.45) is -0.377. The fourth-order valence-electron chi connectivity index (χ4n) is 3.01. The zero-order valence-corrected chi connectivity index (χ0v) is 15.3. The molecule has 1 saturated carbocycles. The van der Waals surface area contributed by atoms with E-state index < -0.39 is 12.1 Å². The van der Waals surface area contributed by atoms with Gasteiger partial charge in [0.15, 0.2) is 0 Å². The van der Waals surface area contributed by atoms with Gasteiger partial charge in [-0.3, -0.25) is 4.90 Å². The van der Waals surface area contributed by atoms with Gasteiger partial charge in [0.25, 0.3) is 0 Å². The van der Waals surface area contributed by atoms with Crippen LogP contribution in [0.1, 0.15) is 51.2 Å². The number of hydrogen-bond acceptors (Lipinski definition) is 4. The van der Waals surface area contributed by atoms with Gasteiger partial charge in [-0.15, -0.1) is 0 Å². The second kappa shape index (κ2) is 8.39. The molecule has 3 rings (SSSR count).